The van der Waals surface area contributed by atoms with Crippen LogP contribution in [0.4, 0.5) is 4.39 Å². The molecule has 0 saturated carbocycles. The predicted octanol–water partition coefficient (Wildman–Crippen LogP) is 4.08. The number of rotatable bonds is 6. The number of likely N-dealkylation sites (tertiary alicyclic amines) is 1. The topological polar surface area (TPSA) is 45.5 Å². The molecule has 1 aromatic carbocycles. The zero-order chi connectivity index (χ0) is 17.6. The van der Waals surface area contributed by atoms with Gasteiger partial charge in [0.1, 0.15) is 11.6 Å². The summed E-state index contributed by atoms with van der Waals surface area (Å²) in [6, 6.07) is 10.2. The largest absolute Gasteiger partial charge is 0.451 e. The lowest BCUT2D eigenvalue weighted by Gasteiger charge is -2.33. The Labute approximate surface area is 148 Å². The van der Waals surface area contributed by atoms with Crippen LogP contribution in [0.1, 0.15) is 43.2 Å². The zero-order valence-electron chi connectivity index (χ0n) is 14.6. The van der Waals surface area contributed by atoms with Crippen molar-refractivity contribution in [2.75, 3.05) is 19.6 Å². The Morgan fingerprint density at radius 3 is 2.92 bits per heavy atom. The summed E-state index contributed by atoms with van der Waals surface area (Å²) in [5.74, 6) is -0.0382. The highest BCUT2D eigenvalue weighted by Crippen LogP contribution is 2.24. The third-order valence-corrected chi connectivity index (χ3v) is 4.82. The molecule has 2 heterocycles. The van der Waals surface area contributed by atoms with Gasteiger partial charge in [0.15, 0.2) is 5.76 Å². The summed E-state index contributed by atoms with van der Waals surface area (Å²) in [4.78, 5) is 14.7. The third-order valence-electron chi connectivity index (χ3n) is 4.82. The van der Waals surface area contributed by atoms with Crippen molar-refractivity contribution in [3.05, 3.63) is 48.0 Å². The van der Waals surface area contributed by atoms with E-state index in [1.807, 2.05) is 0 Å². The van der Waals surface area contributed by atoms with Crippen molar-refractivity contribution >= 4 is 5.91 Å². The van der Waals surface area contributed by atoms with Gasteiger partial charge in [-0.05, 0) is 57.0 Å². The fourth-order valence-electron chi connectivity index (χ4n) is 3.33. The molecule has 0 radical (unpaired) electrons. The number of carbonyl (C=O) groups excluding carboxylic acids is 1. The van der Waals surface area contributed by atoms with Gasteiger partial charge >= 0.3 is 0 Å². The van der Waals surface area contributed by atoms with E-state index in [0.717, 1.165) is 19.5 Å². The molecule has 1 amide bonds. The second-order valence-corrected chi connectivity index (χ2v) is 6.63. The summed E-state index contributed by atoms with van der Waals surface area (Å²) in [5.41, 5.74) is 0.362. The molecule has 3 rings (SSSR count). The molecular weight excluding hydrogens is 319 g/mol. The average Bonchev–Trinajstić information content (AvgIpc) is 3.10. The van der Waals surface area contributed by atoms with E-state index >= 15 is 0 Å². The first-order valence-electron chi connectivity index (χ1n) is 9.02. The molecule has 1 aliphatic heterocycles. The molecule has 0 bridgehead atoms. The number of amides is 1. The van der Waals surface area contributed by atoms with E-state index in [0.29, 0.717) is 23.9 Å². The van der Waals surface area contributed by atoms with Crippen molar-refractivity contribution in [3.8, 4) is 11.3 Å². The minimum atomic E-state index is -0.362. The number of halogens is 1. The highest BCUT2D eigenvalue weighted by molar-refractivity contribution is 5.92. The summed E-state index contributed by atoms with van der Waals surface area (Å²) in [5, 5.41) is 2.88. The lowest BCUT2D eigenvalue weighted by molar-refractivity contribution is 0.0922. The fraction of sp³-hybridized carbons (Fsp3) is 0.450. The van der Waals surface area contributed by atoms with E-state index in [1.165, 1.54) is 25.3 Å². The van der Waals surface area contributed by atoms with Crippen LogP contribution in [0.15, 0.2) is 40.8 Å². The summed E-state index contributed by atoms with van der Waals surface area (Å²) < 4.78 is 19.3. The molecule has 134 valence electrons. The van der Waals surface area contributed by atoms with Gasteiger partial charge in [-0.25, -0.2) is 4.39 Å². The molecular formula is C20H25FN2O2. The lowest BCUT2D eigenvalue weighted by Crippen LogP contribution is -2.39. The smallest absolute Gasteiger partial charge is 0.287 e. The van der Waals surface area contributed by atoms with E-state index in [1.54, 1.807) is 30.3 Å². The highest BCUT2D eigenvalue weighted by Gasteiger charge is 2.18. The first-order chi connectivity index (χ1) is 12.1. The Hall–Kier alpha value is -2.14. The first kappa shape index (κ1) is 17.7. The van der Waals surface area contributed by atoms with Gasteiger partial charge in [-0.3, -0.25) is 4.79 Å². The Balaban J connectivity index is 1.48. The van der Waals surface area contributed by atoms with E-state index < -0.39 is 0 Å². The van der Waals surface area contributed by atoms with Crippen LogP contribution in [0.25, 0.3) is 11.3 Å². The van der Waals surface area contributed by atoms with Crippen molar-refractivity contribution in [3.63, 3.8) is 0 Å². The number of hydrogen-bond donors (Lipinski definition) is 1. The van der Waals surface area contributed by atoms with Crippen LogP contribution >= 0.6 is 0 Å². The molecule has 1 aliphatic rings. The molecule has 25 heavy (non-hydrogen) atoms. The van der Waals surface area contributed by atoms with Gasteiger partial charge < -0.3 is 14.6 Å². The Morgan fingerprint density at radius 1 is 1.28 bits per heavy atom. The molecule has 0 aliphatic carbocycles. The highest BCUT2D eigenvalue weighted by atomic mass is 19.1. The zero-order valence-corrected chi connectivity index (χ0v) is 14.6. The molecule has 1 atom stereocenters. The van der Waals surface area contributed by atoms with E-state index in [9.17, 15) is 9.18 Å². The van der Waals surface area contributed by atoms with Gasteiger partial charge in [-0.1, -0.05) is 18.6 Å². The summed E-state index contributed by atoms with van der Waals surface area (Å²) in [6.07, 6.45) is 4.76. The maximum Gasteiger partial charge on any atom is 0.287 e. The van der Waals surface area contributed by atoms with Gasteiger partial charge in [0.05, 0.1) is 5.56 Å². The van der Waals surface area contributed by atoms with Crippen molar-refractivity contribution < 1.29 is 13.6 Å². The second-order valence-electron chi connectivity index (χ2n) is 6.63. The molecule has 0 spiro atoms. The van der Waals surface area contributed by atoms with Crippen LogP contribution in [0.5, 0.6) is 0 Å². The maximum absolute atomic E-state index is 13.8. The third kappa shape index (κ3) is 4.48. The van der Waals surface area contributed by atoms with Crippen LogP contribution in [0, 0.1) is 5.82 Å². The number of piperidine rings is 1. The number of benzene rings is 1. The fourth-order valence-corrected chi connectivity index (χ4v) is 3.33. The molecule has 1 aromatic heterocycles. The molecule has 2 aromatic rings. The monoisotopic (exact) mass is 344 g/mol. The summed E-state index contributed by atoms with van der Waals surface area (Å²) in [6.45, 7) is 5.03. The second kappa shape index (κ2) is 8.30. The Morgan fingerprint density at radius 2 is 2.12 bits per heavy atom. The minimum Gasteiger partial charge on any atom is -0.451 e. The van der Waals surface area contributed by atoms with Crippen LogP contribution in [0.3, 0.4) is 0 Å². The maximum atomic E-state index is 13.8. The molecule has 4 nitrogen and oxygen atoms in total. The summed E-state index contributed by atoms with van der Waals surface area (Å²) >= 11 is 0. The normalized spacial score (nSPS) is 18.2. The molecule has 5 heteroatoms. The predicted molar refractivity (Wildman–Crippen MR) is 95.9 cm³/mol. The quantitative estimate of drug-likeness (QED) is 0.803. The van der Waals surface area contributed by atoms with Crippen LogP contribution in [0.2, 0.25) is 0 Å². The number of furan rings is 1. The van der Waals surface area contributed by atoms with Crippen molar-refractivity contribution in [2.24, 2.45) is 0 Å². The molecule has 1 N–H and O–H groups in total. The molecule has 1 saturated heterocycles. The molecule has 1 fully saturated rings. The summed E-state index contributed by atoms with van der Waals surface area (Å²) in [7, 11) is 0. The number of nitrogens with zero attached hydrogens (tertiary/aromatic N) is 1. The van der Waals surface area contributed by atoms with Gasteiger partial charge in [0.2, 0.25) is 0 Å². The van der Waals surface area contributed by atoms with Gasteiger partial charge in [0.25, 0.3) is 5.91 Å². The Bertz CT molecular complexity index is 713. The standard InChI is InChI=1S/C20H25FN2O2/c1-15-7-4-5-13-23(15)14-6-12-22-20(24)19-11-10-18(25-19)16-8-2-3-9-17(16)21/h2-3,8-11,15H,4-7,12-14H2,1H3,(H,22,24). The van der Waals surface area contributed by atoms with E-state index in [4.69, 9.17) is 4.42 Å². The first-order valence-corrected chi connectivity index (χ1v) is 9.02. The lowest BCUT2D eigenvalue weighted by atomic mass is 10.0. The van der Waals surface area contributed by atoms with Crippen LogP contribution < -0.4 is 5.32 Å². The van der Waals surface area contributed by atoms with Crippen molar-refractivity contribution in [2.45, 2.75) is 38.6 Å². The minimum absolute atomic E-state index is 0.213. The van der Waals surface area contributed by atoms with E-state index in [2.05, 4.69) is 17.1 Å². The SMILES string of the molecule is CC1CCCCN1CCCNC(=O)c1ccc(-c2ccccc2F)o1. The molecule has 1 unspecified atom stereocenters. The van der Waals surface area contributed by atoms with Crippen molar-refractivity contribution in [1.29, 1.82) is 0 Å². The average molecular weight is 344 g/mol. The van der Waals surface area contributed by atoms with Crippen LogP contribution in [-0.4, -0.2) is 36.5 Å². The Kier molecular flexibility index (Phi) is 5.87. The van der Waals surface area contributed by atoms with Gasteiger partial charge in [0, 0.05) is 19.1 Å². The van der Waals surface area contributed by atoms with Gasteiger partial charge in [-0.15, -0.1) is 0 Å². The van der Waals surface area contributed by atoms with Crippen molar-refractivity contribution in [1.82, 2.24) is 10.2 Å². The number of nitrogens with one attached hydrogen (secondary N) is 1. The number of hydrogen-bond acceptors (Lipinski definition) is 3. The van der Waals surface area contributed by atoms with Crippen LogP contribution in [-0.2, 0) is 0 Å². The van der Waals surface area contributed by atoms with Gasteiger partial charge in [-0.2, -0.15) is 0 Å². The van der Waals surface area contributed by atoms with E-state index in [-0.39, 0.29) is 17.5 Å². The number of carbonyl (C=O) groups is 1.